The van der Waals surface area contributed by atoms with Gasteiger partial charge in [-0.3, -0.25) is 9.59 Å². The third-order valence-electron chi connectivity index (χ3n) is 5.74. The van der Waals surface area contributed by atoms with Crippen LogP contribution in [0.3, 0.4) is 0 Å². The van der Waals surface area contributed by atoms with Crippen molar-refractivity contribution in [3.05, 3.63) is 82.3 Å². The van der Waals surface area contributed by atoms with E-state index in [0.29, 0.717) is 35.5 Å². The number of allylic oxidation sites excluding steroid dienone is 1. The van der Waals surface area contributed by atoms with E-state index in [1.54, 1.807) is 62.3 Å². The van der Waals surface area contributed by atoms with E-state index in [2.05, 4.69) is 5.32 Å². The van der Waals surface area contributed by atoms with Gasteiger partial charge in [-0.25, -0.2) is 9.18 Å². The SMILES string of the molecule is CCOC(=O)C1=C(C)N(Cc2ccc(C(=O)NCCOC)cc2)C(=O)CC1c1ccc(F)cc1. The molecule has 0 bridgehead atoms. The van der Waals surface area contributed by atoms with Crippen molar-refractivity contribution in [2.75, 3.05) is 26.9 Å². The van der Waals surface area contributed by atoms with Crippen molar-refractivity contribution < 1.29 is 28.2 Å². The Kier molecular flexibility index (Phi) is 8.54. The highest BCUT2D eigenvalue weighted by Crippen LogP contribution is 2.37. The van der Waals surface area contributed by atoms with Gasteiger partial charge in [-0.2, -0.15) is 0 Å². The highest BCUT2D eigenvalue weighted by molar-refractivity contribution is 5.96. The molecule has 8 heteroatoms. The second-order valence-corrected chi connectivity index (χ2v) is 7.95. The molecule has 0 aliphatic carbocycles. The lowest BCUT2D eigenvalue weighted by molar-refractivity contribution is -0.140. The third-order valence-corrected chi connectivity index (χ3v) is 5.74. The van der Waals surface area contributed by atoms with Gasteiger partial charge in [0.2, 0.25) is 5.91 Å². The number of carbonyl (C=O) groups is 3. The molecule has 1 atom stereocenters. The van der Waals surface area contributed by atoms with E-state index >= 15 is 0 Å². The molecule has 2 aromatic rings. The van der Waals surface area contributed by atoms with E-state index in [0.717, 1.165) is 5.56 Å². The minimum atomic E-state index is -0.512. The van der Waals surface area contributed by atoms with Gasteiger partial charge in [-0.1, -0.05) is 24.3 Å². The van der Waals surface area contributed by atoms with Gasteiger partial charge < -0.3 is 19.7 Å². The van der Waals surface area contributed by atoms with Gasteiger partial charge in [0.25, 0.3) is 5.91 Å². The van der Waals surface area contributed by atoms with E-state index < -0.39 is 11.9 Å². The van der Waals surface area contributed by atoms with Crippen LogP contribution >= 0.6 is 0 Å². The Hall–Kier alpha value is -3.52. The third kappa shape index (κ3) is 5.88. The standard InChI is InChI=1S/C26H29FN2O5/c1-4-34-26(32)24-17(2)29(23(30)15-22(24)19-9-11-21(27)12-10-19)16-18-5-7-20(8-6-18)25(31)28-13-14-33-3/h5-12,22H,4,13-16H2,1-3H3,(H,28,31). The molecule has 0 aromatic heterocycles. The number of methoxy groups -OCH3 is 1. The van der Waals surface area contributed by atoms with Crippen molar-refractivity contribution in [2.24, 2.45) is 0 Å². The van der Waals surface area contributed by atoms with Crippen molar-refractivity contribution in [3.8, 4) is 0 Å². The minimum Gasteiger partial charge on any atom is -0.463 e. The van der Waals surface area contributed by atoms with Gasteiger partial charge in [-0.05, 0) is 49.2 Å². The maximum Gasteiger partial charge on any atom is 0.336 e. The molecule has 0 saturated heterocycles. The molecule has 3 rings (SSSR count). The number of ether oxygens (including phenoxy) is 2. The number of esters is 1. The second-order valence-electron chi connectivity index (χ2n) is 7.95. The molecule has 1 aliphatic rings. The molecule has 1 N–H and O–H groups in total. The summed E-state index contributed by atoms with van der Waals surface area (Å²) >= 11 is 0. The number of hydrogen-bond donors (Lipinski definition) is 1. The number of nitrogens with one attached hydrogen (secondary N) is 1. The zero-order valence-electron chi connectivity index (χ0n) is 19.6. The quantitative estimate of drug-likeness (QED) is 0.449. The van der Waals surface area contributed by atoms with Crippen LogP contribution in [-0.2, 0) is 25.6 Å². The summed E-state index contributed by atoms with van der Waals surface area (Å²) in [4.78, 5) is 39.7. The van der Waals surface area contributed by atoms with Crippen molar-refractivity contribution >= 4 is 17.8 Å². The van der Waals surface area contributed by atoms with Crippen LogP contribution in [0.25, 0.3) is 0 Å². The lowest BCUT2D eigenvalue weighted by Crippen LogP contribution is -2.38. The Balaban J connectivity index is 1.85. The summed E-state index contributed by atoms with van der Waals surface area (Å²) in [5, 5.41) is 2.76. The maximum absolute atomic E-state index is 13.4. The highest BCUT2D eigenvalue weighted by Gasteiger charge is 2.36. The number of rotatable bonds is 9. The summed E-state index contributed by atoms with van der Waals surface area (Å²) in [6.07, 6.45) is 0.0666. The number of nitrogens with zero attached hydrogens (tertiary/aromatic N) is 1. The van der Waals surface area contributed by atoms with Gasteiger partial charge in [0, 0.05) is 37.3 Å². The molecule has 0 spiro atoms. The summed E-state index contributed by atoms with van der Waals surface area (Å²) in [5.41, 5.74) is 2.89. The fraction of sp³-hybridized carbons (Fsp3) is 0.346. The Morgan fingerprint density at radius 2 is 1.79 bits per heavy atom. The summed E-state index contributed by atoms with van der Waals surface area (Å²) in [7, 11) is 1.56. The number of halogens is 1. The molecule has 0 radical (unpaired) electrons. The Labute approximate surface area is 198 Å². The van der Waals surface area contributed by atoms with E-state index in [9.17, 15) is 18.8 Å². The van der Waals surface area contributed by atoms with Crippen LogP contribution < -0.4 is 5.32 Å². The molecule has 180 valence electrons. The topological polar surface area (TPSA) is 84.9 Å². The van der Waals surface area contributed by atoms with Gasteiger partial charge in [0.15, 0.2) is 0 Å². The van der Waals surface area contributed by atoms with Crippen LogP contribution in [0, 0.1) is 5.82 Å². The molecule has 1 aliphatic heterocycles. The van der Waals surface area contributed by atoms with Crippen LogP contribution in [-0.4, -0.2) is 49.6 Å². The van der Waals surface area contributed by atoms with Crippen LogP contribution in [0.1, 0.15) is 47.7 Å². The van der Waals surface area contributed by atoms with Gasteiger partial charge in [-0.15, -0.1) is 0 Å². The highest BCUT2D eigenvalue weighted by atomic mass is 19.1. The Morgan fingerprint density at radius 3 is 2.41 bits per heavy atom. The van der Waals surface area contributed by atoms with Crippen LogP contribution in [0.2, 0.25) is 0 Å². The molecule has 2 aromatic carbocycles. The zero-order chi connectivity index (χ0) is 24.7. The van der Waals surface area contributed by atoms with Crippen molar-refractivity contribution in [3.63, 3.8) is 0 Å². The summed E-state index contributed by atoms with van der Waals surface area (Å²) in [6.45, 7) is 4.73. The summed E-state index contributed by atoms with van der Waals surface area (Å²) in [6, 6.07) is 12.8. The van der Waals surface area contributed by atoms with E-state index in [1.165, 1.54) is 12.1 Å². The molecule has 1 unspecified atom stereocenters. The fourth-order valence-electron chi connectivity index (χ4n) is 3.97. The van der Waals surface area contributed by atoms with Crippen LogP contribution in [0.15, 0.2) is 59.8 Å². The number of amides is 2. The average Bonchev–Trinajstić information content (AvgIpc) is 2.82. The second kappa shape index (κ2) is 11.6. The van der Waals surface area contributed by atoms with E-state index in [1.807, 2.05) is 0 Å². The molecule has 1 heterocycles. The first-order valence-electron chi connectivity index (χ1n) is 11.2. The smallest absolute Gasteiger partial charge is 0.336 e. The van der Waals surface area contributed by atoms with Crippen LogP contribution in [0.4, 0.5) is 4.39 Å². The molecular formula is C26H29FN2O5. The van der Waals surface area contributed by atoms with Crippen molar-refractivity contribution in [1.82, 2.24) is 10.2 Å². The first-order valence-corrected chi connectivity index (χ1v) is 11.2. The van der Waals surface area contributed by atoms with E-state index in [-0.39, 0.29) is 37.2 Å². The molecule has 34 heavy (non-hydrogen) atoms. The molecule has 0 saturated carbocycles. The van der Waals surface area contributed by atoms with Crippen LogP contribution in [0.5, 0.6) is 0 Å². The first kappa shape index (κ1) is 25.1. The predicted molar refractivity (Wildman–Crippen MR) is 124 cm³/mol. The van der Waals surface area contributed by atoms with E-state index in [4.69, 9.17) is 9.47 Å². The average molecular weight is 469 g/mol. The molecule has 0 fully saturated rings. The predicted octanol–water partition coefficient (Wildman–Crippen LogP) is 3.56. The molecular weight excluding hydrogens is 439 g/mol. The molecule has 2 amide bonds. The minimum absolute atomic E-state index is 0.0666. The van der Waals surface area contributed by atoms with Crippen molar-refractivity contribution in [2.45, 2.75) is 32.7 Å². The lowest BCUT2D eigenvalue weighted by Gasteiger charge is -2.34. The normalized spacial score (nSPS) is 15.9. The molecule has 7 nitrogen and oxygen atoms in total. The fourth-order valence-corrected chi connectivity index (χ4v) is 3.97. The maximum atomic E-state index is 13.4. The van der Waals surface area contributed by atoms with Gasteiger partial charge in [0.05, 0.1) is 25.3 Å². The summed E-state index contributed by atoms with van der Waals surface area (Å²) in [5.74, 6) is -1.75. The zero-order valence-corrected chi connectivity index (χ0v) is 19.6. The lowest BCUT2D eigenvalue weighted by atomic mass is 9.83. The number of benzene rings is 2. The first-order chi connectivity index (χ1) is 16.3. The van der Waals surface area contributed by atoms with Gasteiger partial charge >= 0.3 is 5.97 Å². The Morgan fingerprint density at radius 1 is 1.12 bits per heavy atom. The number of carbonyl (C=O) groups excluding carboxylic acids is 3. The monoisotopic (exact) mass is 468 g/mol. The Bertz CT molecular complexity index is 1060. The summed E-state index contributed by atoms with van der Waals surface area (Å²) < 4.78 is 23.6. The number of hydrogen-bond acceptors (Lipinski definition) is 5. The largest absolute Gasteiger partial charge is 0.463 e. The van der Waals surface area contributed by atoms with Gasteiger partial charge in [0.1, 0.15) is 5.82 Å². The van der Waals surface area contributed by atoms with Crippen molar-refractivity contribution in [1.29, 1.82) is 0 Å².